The van der Waals surface area contributed by atoms with Crippen LogP contribution in [-0.2, 0) is 0 Å². The number of benzene rings is 1. The van der Waals surface area contributed by atoms with Crippen molar-refractivity contribution in [2.45, 2.75) is 99.5 Å². The van der Waals surface area contributed by atoms with E-state index in [4.69, 9.17) is 15.6 Å². The molecule has 2 atom stereocenters. The molecule has 3 N–H and O–H groups in total. The third-order valence-corrected chi connectivity index (χ3v) is 5.61. The van der Waals surface area contributed by atoms with Gasteiger partial charge in [0.25, 0.3) is 0 Å². The number of halogens is 1. The van der Waals surface area contributed by atoms with Gasteiger partial charge in [-0.05, 0) is 32.4 Å². The maximum absolute atomic E-state index is 14.2. The summed E-state index contributed by atoms with van der Waals surface area (Å²) in [5.74, 6) is 1.51. The van der Waals surface area contributed by atoms with Crippen molar-refractivity contribution in [1.82, 2.24) is 4.90 Å². The largest absolute Gasteiger partial charge is 0.554 e. The van der Waals surface area contributed by atoms with E-state index in [-0.39, 0.29) is 43.0 Å². The number of unbranched alkanes of at least 4 members (excludes halogenated alkanes) is 3. The van der Waals surface area contributed by atoms with Crippen molar-refractivity contribution in [2.75, 3.05) is 27.3 Å². The third-order valence-electron chi connectivity index (χ3n) is 5.61. The van der Waals surface area contributed by atoms with E-state index in [2.05, 4.69) is 31.8 Å². The molecule has 2 rings (SSSR count). The molecule has 0 spiro atoms. The van der Waals surface area contributed by atoms with Crippen molar-refractivity contribution < 1.29 is 45.3 Å². The standard InChI is InChI=1S/C14H17FN3O.C10H22.C3H8O.C2H6.U/c1-9-14(18(2)7-6-13(16)17-9)11-5-4-10(19-3)8-12(11)15;1-4-6-7-8-9-10(3)5-2;1-2-3-4;1-2;/h4,6,8,14H,7,16H2,1-3H3;10H,4-9H2,1-3H3;4H,2-3H2,1H3;1-2H3;/q-1;;;;. The van der Waals surface area contributed by atoms with E-state index < -0.39 is 0 Å². The van der Waals surface area contributed by atoms with Crippen LogP contribution in [0.5, 0.6) is 5.75 Å². The van der Waals surface area contributed by atoms with Crippen LogP contribution in [0.1, 0.15) is 105 Å². The summed E-state index contributed by atoms with van der Waals surface area (Å²) in [5.41, 5.74) is 6.93. The molecule has 1 heterocycles. The Morgan fingerprint density at radius 2 is 1.83 bits per heavy atom. The summed E-state index contributed by atoms with van der Waals surface area (Å²) in [6, 6.07) is 5.65. The van der Waals surface area contributed by atoms with Gasteiger partial charge in [0.05, 0.1) is 13.2 Å². The molecule has 7 heteroatoms. The number of aliphatic hydroxyl groups excluding tert-OH is 1. The molecule has 0 amide bonds. The Hall–Kier alpha value is -0.868. The number of methoxy groups -OCH3 is 1. The van der Waals surface area contributed by atoms with Gasteiger partial charge in [-0.15, -0.1) is 11.6 Å². The molecule has 0 fully saturated rings. The number of nitrogens with two attached hydrogens (primary N) is 1. The molecule has 5 nitrogen and oxygen atoms in total. The molecule has 36 heavy (non-hydrogen) atoms. The summed E-state index contributed by atoms with van der Waals surface area (Å²) in [5, 5.41) is 7.88. The first-order valence-corrected chi connectivity index (χ1v) is 13.3. The number of hydrogen-bond donors (Lipinski definition) is 2. The first kappa shape index (κ1) is 39.6. The maximum Gasteiger partial charge on any atom is 0.120 e. The van der Waals surface area contributed by atoms with Crippen LogP contribution in [0.3, 0.4) is 0 Å². The minimum atomic E-state index is -0.355. The van der Waals surface area contributed by atoms with Gasteiger partial charge < -0.3 is 15.6 Å². The molecule has 1 aromatic carbocycles. The molecular weight excluding hydrogens is 679 g/mol. The zero-order valence-corrected chi connectivity index (χ0v) is 28.6. The van der Waals surface area contributed by atoms with Crippen LogP contribution in [0, 0.1) is 48.9 Å². The summed E-state index contributed by atoms with van der Waals surface area (Å²) in [4.78, 5) is 6.24. The molecule has 0 saturated heterocycles. The predicted octanol–water partition coefficient (Wildman–Crippen LogP) is 7.30. The quantitative estimate of drug-likeness (QED) is 0.207. The second-order valence-electron chi connectivity index (χ2n) is 8.61. The molecule has 1 aliphatic rings. The molecule has 0 radical (unpaired) electrons. The van der Waals surface area contributed by atoms with Crippen LogP contribution in [0.15, 0.2) is 29.0 Å². The fourth-order valence-electron chi connectivity index (χ4n) is 3.31. The smallest absolute Gasteiger partial charge is 0.120 e. The van der Waals surface area contributed by atoms with Gasteiger partial charge in [0.15, 0.2) is 0 Å². The van der Waals surface area contributed by atoms with E-state index in [1.807, 2.05) is 45.7 Å². The van der Waals surface area contributed by atoms with Crippen LogP contribution in [-0.4, -0.2) is 43.0 Å². The summed E-state index contributed by atoms with van der Waals surface area (Å²) in [6.07, 6.45) is 11.2. The van der Waals surface area contributed by atoms with Crippen LogP contribution in [0.2, 0.25) is 0 Å². The normalized spacial score (nSPS) is 15.6. The van der Waals surface area contributed by atoms with E-state index in [1.165, 1.54) is 51.7 Å². The first-order valence-electron chi connectivity index (χ1n) is 13.3. The second-order valence-corrected chi connectivity index (χ2v) is 8.61. The minimum absolute atomic E-state index is 0. The Kier molecular flexibility index (Phi) is 28.4. The first-order chi connectivity index (χ1) is 16.7. The minimum Gasteiger partial charge on any atom is -0.554 e. The molecule has 2 unspecified atom stereocenters. The van der Waals surface area contributed by atoms with E-state index in [0.717, 1.165) is 18.1 Å². The molecule has 1 aliphatic heterocycles. The zero-order valence-electron chi connectivity index (χ0n) is 24.5. The van der Waals surface area contributed by atoms with Crippen molar-refractivity contribution in [1.29, 1.82) is 0 Å². The Labute approximate surface area is 245 Å². The average Bonchev–Trinajstić information content (AvgIpc) is 3.00. The van der Waals surface area contributed by atoms with Crippen molar-refractivity contribution >= 4 is 5.71 Å². The summed E-state index contributed by atoms with van der Waals surface area (Å²) in [6.45, 7) is 15.6. The number of aliphatic hydroxyl groups is 1. The number of hydrogen-bond acceptors (Lipinski definition) is 5. The SMILES string of the molecule is CC.CCCCCCC(C)CC.CCCO.COc1c[c-]c(C2C(C)=NC(N)=CCN2C)c(F)c1.[U]. The Balaban J connectivity index is -0.000000543. The van der Waals surface area contributed by atoms with Crippen LogP contribution < -0.4 is 10.5 Å². The van der Waals surface area contributed by atoms with Gasteiger partial charge in [0.1, 0.15) is 5.82 Å². The predicted molar refractivity (Wildman–Crippen MR) is 149 cm³/mol. The molecule has 0 bridgehead atoms. The molecule has 208 valence electrons. The molecule has 0 saturated carbocycles. The molecule has 1 aromatic rings. The van der Waals surface area contributed by atoms with Crippen molar-refractivity contribution in [3.05, 3.63) is 41.5 Å². The van der Waals surface area contributed by atoms with Gasteiger partial charge in [-0.3, -0.25) is 9.29 Å². The fourth-order valence-corrected chi connectivity index (χ4v) is 3.31. The van der Waals surface area contributed by atoms with E-state index in [0.29, 0.717) is 30.3 Å². The van der Waals surface area contributed by atoms with Crippen LogP contribution in [0.4, 0.5) is 4.39 Å². The van der Waals surface area contributed by atoms with Gasteiger partial charge >= 0.3 is 0 Å². The van der Waals surface area contributed by atoms with Gasteiger partial charge in [0, 0.05) is 61.5 Å². The number of ether oxygens (including phenoxy) is 1. The van der Waals surface area contributed by atoms with Gasteiger partial charge in [0.2, 0.25) is 0 Å². The number of nitrogens with zero attached hydrogens (tertiary/aromatic N) is 2. The van der Waals surface area contributed by atoms with Crippen molar-refractivity contribution in [2.24, 2.45) is 16.6 Å². The monoisotopic (exact) mass is 732 g/mol. The maximum atomic E-state index is 14.2. The fraction of sp³-hybridized carbons (Fsp3) is 0.690. The topological polar surface area (TPSA) is 71.1 Å². The Morgan fingerprint density at radius 3 is 2.31 bits per heavy atom. The van der Waals surface area contributed by atoms with E-state index in [1.54, 1.807) is 6.07 Å². The third kappa shape index (κ3) is 17.6. The van der Waals surface area contributed by atoms with E-state index in [9.17, 15) is 4.39 Å². The molecular formula is C29H53FN3O2U-. The number of rotatable bonds is 9. The second kappa shape index (κ2) is 25.8. The van der Waals surface area contributed by atoms with Gasteiger partial charge in [-0.2, -0.15) is 6.07 Å². The Morgan fingerprint density at radius 1 is 1.22 bits per heavy atom. The zero-order chi connectivity index (χ0) is 27.2. The van der Waals surface area contributed by atoms with Crippen molar-refractivity contribution in [3.63, 3.8) is 0 Å². The summed E-state index contributed by atoms with van der Waals surface area (Å²) >= 11 is 0. The average molecular weight is 733 g/mol. The molecule has 0 aliphatic carbocycles. The Bertz CT molecular complexity index is 712. The number of likely N-dealkylation sites (N-methyl/N-ethyl adjacent to an activating group) is 1. The molecule has 0 aromatic heterocycles. The van der Waals surface area contributed by atoms with E-state index >= 15 is 0 Å². The van der Waals surface area contributed by atoms with Crippen LogP contribution >= 0.6 is 0 Å². The van der Waals surface area contributed by atoms with Gasteiger partial charge in [-0.1, -0.05) is 86.1 Å². The van der Waals surface area contributed by atoms with Crippen molar-refractivity contribution in [3.8, 4) is 5.75 Å². The van der Waals surface area contributed by atoms with Gasteiger partial charge in [-0.25, -0.2) is 4.99 Å². The number of aliphatic imine (C=N–C) groups is 1. The summed E-state index contributed by atoms with van der Waals surface area (Å²) in [7, 11) is 3.40. The summed E-state index contributed by atoms with van der Waals surface area (Å²) < 4.78 is 19.1. The van der Waals surface area contributed by atoms with Crippen LogP contribution in [0.25, 0.3) is 0 Å².